The first-order valence-electron chi connectivity index (χ1n) is 6.93. The molecule has 1 aromatic carbocycles. The highest BCUT2D eigenvalue weighted by Crippen LogP contribution is 2.37. The largest absolute Gasteiger partial charge is 0.493 e. The number of nitrogens with zero attached hydrogens (tertiary/aromatic N) is 1. The van der Waals surface area contributed by atoms with Crippen LogP contribution in [0.15, 0.2) is 12.1 Å². The second-order valence-electron chi connectivity index (χ2n) is 5.36. The topological polar surface area (TPSA) is 33.7 Å². The molecule has 0 aliphatic carbocycles. The molecule has 0 spiro atoms. The molecule has 0 aromatic heterocycles. The van der Waals surface area contributed by atoms with Crippen molar-refractivity contribution in [3.63, 3.8) is 0 Å². The van der Waals surface area contributed by atoms with Gasteiger partial charge in [0, 0.05) is 31.7 Å². The van der Waals surface area contributed by atoms with Gasteiger partial charge in [-0.05, 0) is 25.5 Å². The number of hydrogen-bond acceptors (Lipinski definition) is 4. The van der Waals surface area contributed by atoms with Gasteiger partial charge in [0.2, 0.25) is 0 Å². The monoisotopic (exact) mass is 334 g/mol. The predicted octanol–water partition coefficient (Wildman–Crippen LogP) is 2.96. The van der Waals surface area contributed by atoms with Gasteiger partial charge in [0.15, 0.2) is 11.5 Å². The van der Waals surface area contributed by atoms with Gasteiger partial charge in [0.1, 0.15) is 0 Å². The van der Waals surface area contributed by atoms with Crippen LogP contribution in [-0.2, 0) is 6.54 Å². The minimum absolute atomic E-state index is 0. The van der Waals surface area contributed by atoms with Crippen LogP contribution in [0.5, 0.6) is 11.5 Å². The molecule has 2 rings (SSSR count). The lowest BCUT2D eigenvalue weighted by Crippen LogP contribution is -2.53. The molecule has 1 aromatic rings. The van der Waals surface area contributed by atoms with Crippen molar-refractivity contribution in [2.75, 3.05) is 27.3 Å². The molecule has 2 atom stereocenters. The van der Waals surface area contributed by atoms with E-state index in [4.69, 9.17) is 21.1 Å². The van der Waals surface area contributed by atoms with Crippen molar-refractivity contribution in [3.05, 3.63) is 22.7 Å². The number of piperazine rings is 1. The maximum absolute atomic E-state index is 6.45. The summed E-state index contributed by atoms with van der Waals surface area (Å²) in [4.78, 5) is 2.44. The standard InChI is InChI=1S/C15H23ClN2O2.ClH/c1-10-8-18(11(2)7-17-10)9-12-5-6-13(19-3)15(20-4)14(12)16;/h5-6,10-11,17H,7-9H2,1-4H3;1H. The first-order valence-corrected chi connectivity index (χ1v) is 7.31. The molecule has 1 aliphatic heterocycles. The molecule has 0 radical (unpaired) electrons. The second kappa shape index (κ2) is 8.08. The quantitative estimate of drug-likeness (QED) is 0.917. The van der Waals surface area contributed by atoms with Gasteiger partial charge in [-0.1, -0.05) is 17.7 Å². The van der Waals surface area contributed by atoms with Gasteiger partial charge in [0.25, 0.3) is 0 Å². The first-order chi connectivity index (χ1) is 9.56. The summed E-state index contributed by atoms with van der Waals surface area (Å²) in [5.41, 5.74) is 1.07. The molecular formula is C15H24Cl2N2O2. The Kier molecular flexibility index (Phi) is 7.07. The fourth-order valence-electron chi connectivity index (χ4n) is 2.59. The van der Waals surface area contributed by atoms with Gasteiger partial charge in [-0.15, -0.1) is 12.4 Å². The summed E-state index contributed by atoms with van der Waals surface area (Å²) in [6.45, 7) is 7.28. The van der Waals surface area contributed by atoms with E-state index >= 15 is 0 Å². The zero-order valence-electron chi connectivity index (χ0n) is 13.0. The maximum atomic E-state index is 6.45. The highest BCUT2D eigenvalue weighted by Gasteiger charge is 2.24. The van der Waals surface area contributed by atoms with Crippen LogP contribution in [0, 0.1) is 0 Å². The van der Waals surface area contributed by atoms with Gasteiger partial charge in [0.05, 0.1) is 19.2 Å². The van der Waals surface area contributed by atoms with Crippen molar-refractivity contribution >= 4 is 24.0 Å². The van der Waals surface area contributed by atoms with E-state index in [2.05, 4.69) is 24.1 Å². The molecule has 1 aliphatic rings. The lowest BCUT2D eigenvalue weighted by Gasteiger charge is -2.37. The molecule has 1 heterocycles. The normalized spacial score (nSPS) is 22.5. The lowest BCUT2D eigenvalue weighted by atomic mass is 10.1. The van der Waals surface area contributed by atoms with Gasteiger partial charge in [-0.3, -0.25) is 4.90 Å². The van der Waals surface area contributed by atoms with Gasteiger partial charge in [-0.25, -0.2) is 0 Å². The van der Waals surface area contributed by atoms with E-state index in [1.54, 1.807) is 14.2 Å². The molecule has 21 heavy (non-hydrogen) atoms. The van der Waals surface area contributed by atoms with Crippen LogP contribution in [0.2, 0.25) is 5.02 Å². The van der Waals surface area contributed by atoms with E-state index in [9.17, 15) is 0 Å². The third kappa shape index (κ3) is 4.16. The average Bonchev–Trinajstić information content (AvgIpc) is 2.44. The number of halogens is 2. The summed E-state index contributed by atoms with van der Waals surface area (Å²) in [5, 5.41) is 4.13. The molecule has 0 bridgehead atoms. The lowest BCUT2D eigenvalue weighted by molar-refractivity contribution is 0.138. The average molecular weight is 335 g/mol. The van der Waals surface area contributed by atoms with E-state index in [1.807, 2.05) is 12.1 Å². The van der Waals surface area contributed by atoms with Crippen molar-refractivity contribution in [1.82, 2.24) is 10.2 Å². The Balaban J connectivity index is 0.00000220. The SMILES string of the molecule is COc1ccc(CN2CC(C)NCC2C)c(Cl)c1OC.Cl. The van der Waals surface area contributed by atoms with Crippen LogP contribution in [0.25, 0.3) is 0 Å². The predicted molar refractivity (Wildman–Crippen MR) is 89.1 cm³/mol. The molecule has 6 heteroatoms. The van der Waals surface area contributed by atoms with Crippen molar-refractivity contribution in [2.24, 2.45) is 0 Å². The summed E-state index contributed by atoms with van der Waals surface area (Å²) in [7, 11) is 3.23. The summed E-state index contributed by atoms with van der Waals surface area (Å²) in [5.74, 6) is 1.28. The minimum atomic E-state index is 0. The van der Waals surface area contributed by atoms with Crippen molar-refractivity contribution in [3.8, 4) is 11.5 Å². The number of hydrogen-bond donors (Lipinski definition) is 1. The van der Waals surface area contributed by atoms with Gasteiger partial charge < -0.3 is 14.8 Å². The number of nitrogens with one attached hydrogen (secondary N) is 1. The molecule has 0 amide bonds. The molecule has 1 N–H and O–H groups in total. The molecule has 1 fully saturated rings. The van der Waals surface area contributed by atoms with Crippen molar-refractivity contribution in [2.45, 2.75) is 32.5 Å². The highest BCUT2D eigenvalue weighted by molar-refractivity contribution is 6.33. The van der Waals surface area contributed by atoms with E-state index in [0.29, 0.717) is 28.6 Å². The van der Waals surface area contributed by atoms with E-state index in [1.165, 1.54) is 0 Å². The fraction of sp³-hybridized carbons (Fsp3) is 0.600. The van der Waals surface area contributed by atoms with Crippen molar-refractivity contribution in [1.29, 1.82) is 0 Å². The molecule has 2 unspecified atom stereocenters. The Hall–Kier alpha value is -0.680. The van der Waals surface area contributed by atoms with Crippen LogP contribution in [-0.4, -0.2) is 44.3 Å². The van der Waals surface area contributed by atoms with Crippen LogP contribution >= 0.6 is 24.0 Å². The molecule has 4 nitrogen and oxygen atoms in total. The van der Waals surface area contributed by atoms with E-state index < -0.39 is 0 Å². The third-order valence-electron chi connectivity index (χ3n) is 3.83. The molecule has 0 saturated carbocycles. The Morgan fingerprint density at radius 1 is 1.29 bits per heavy atom. The Bertz CT molecular complexity index is 471. The molecule has 1 saturated heterocycles. The van der Waals surface area contributed by atoms with Crippen LogP contribution in [0.1, 0.15) is 19.4 Å². The molecular weight excluding hydrogens is 311 g/mol. The van der Waals surface area contributed by atoms with Crippen LogP contribution in [0.4, 0.5) is 0 Å². The fourth-order valence-corrected chi connectivity index (χ4v) is 2.88. The van der Waals surface area contributed by atoms with Crippen LogP contribution in [0.3, 0.4) is 0 Å². The number of ether oxygens (including phenoxy) is 2. The summed E-state index contributed by atoms with van der Waals surface area (Å²) in [6, 6.07) is 4.93. The zero-order chi connectivity index (χ0) is 14.7. The van der Waals surface area contributed by atoms with Crippen molar-refractivity contribution < 1.29 is 9.47 Å². The van der Waals surface area contributed by atoms with E-state index in [-0.39, 0.29) is 12.4 Å². The maximum Gasteiger partial charge on any atom is 0.179 e. The van der Waals surface area contributed by atoms with Gasteiger partial charge >= 0.3 is 0 Å². The summed E-state index contributed by atoms with van der Waals surface area (Å²) in [6.07, 6.45) is 0. The number of rotatable bonds is 4. The second-order valence-corrected chi connectivity index (χ2v) is 5.74. The number of methoxy groups -OCH3 is 2. The zero-order valence-corrected chi connectivity index (χ0v) is 14.6. The Labute approximate surface area is 138 Å². The summed E-state index contributed by atoms with van der Waals surface area (Å²) < 4.78 is 10.6. The van der Waals surface area contributed by atoms with Crippen LogP contribution < -0.4 is 14.8 Å². The smallest absolute Gasteiger partial charge is 0.179 e. The minimum Gasteiger partial charge on any atom is -0.493 e. The Morgan fingerprint density at radius 3 is 2.62 bits per heavy atom. The number of benzene rings is 1. The van der Waals surface area contributed by atoms with E-state index in [0.717, 1.165) is 25.2 Å². The van der Waals surface area contributed by atoms with Gasteiger partial charge in [-0.2, -0.15) is 0 Å². The summed E-state index contributed by atoms with van der Waals surface area (Å²) >= 11 is 6.45. The molecule has 120 valence electrons. The first kappa shape index (κ1) is 18.4. The third-order valence-corrected chi connectivity index (χ3v) is 4.25. The highest BCUT2D eigenvalue weighted by atomic mass is 35.5. The Morgan fingerprint density at radius 2 is 2.00 bits per heavy atom.